The van der Waals surface area contributed by atoms with Gasteiger partial charge in [0.2, 0.25) is 0 Å². The molecule has 3 rings (SSSR count). The highest BCUT2D eigenvalue weighted by atomic mass is 32.2. The first-order valence-corrected chi connectivity index (χ1v) is 16.1. The Morgan fingerprint density at radius 2 is 1.27 bits per heavy atom. The minimum absolute atomic E-state index is 0.0140. The SMILES string of the molecule is CCCCCCCCCCCCCCCCCC1Nc2c(cccc2S(=O)(=O)O)N1Cc1ccccc1. The molecule has 6 heteroatoms. The van der Waals surface area contributed by atoms with E-state index in [1.54, 1.807) is 6.07 Å². The van der Waals surface area contributed by atoms with Crippen LogP contribution in [0.5, 0.6) is 0 Å². The number of hydrogen-bond acceptors (Lipinski definition) is 4. The van der Waals surface area contributed by atoms with Crippen LogP contribution in [-0.4, -0.2) is 19.1 Å². The van der Waals surface area contributed by atoms with Crippen LogP contribution in [0.4, 0.5) is 11.4 Å². The molecule has 0 saturated heterocycles. The van der Waals surface area contributed by atoms with Crippen molar-refractivity contribution in [3.8, 4) is 0 Å². The Kier molecular flexibility index (Phi) is 12.8. The summed E-state index contributed by atoms with van der Waals surface area (Å²) in [5.74, 6) is 0. The van der Waals surface area contributed by atoms with Gasteiger partial charge in [0, 0.05) is 6.54 Å². The van der Waals surface area contributed by atoms with Gasteiger partial charge in [0.05, 0.1) is 17.5 Å². The lowest BCUT2D eigenvalue weighted by Crippen LogP contribution is -2.35. The third-order valence-corrected chi connectivity index (χ3v) is 8.45. The summed E-state index contributed by atoms with van der Waals surface area (Å²) in [5, 5.41) is 3.42. The van der Waals surface area contributed by atoms with E-state index in [2.05, 4.69) is 29.3 Å². The van der Waals surface area contributed by atoms with E-state index in [9.17, 15) is 13.0 Å². The Morgan fingerprint density at radius 1 is 0.730 bits per heavy atom. The minimum atomic E-state index is -4.29. The Morgan fingerprint density at radius 3 is 1.81 bits per heavy atom. The van der Waals surface area contributed by atoms with Crippen molar-refractivity contribution >= 4 is 21.5 Å². The Bertz CT molecular complexity index is 1010. The molecule has 0 amide bonds. The van der Waals surface area contributed by atoms with Gasteiger partial charge in [-0.25, -0.2) is 0 Å². The molecule has 37 heavy (non-hydrogen) atoms. The van der Waals surface area contributed by atoms with E-state index in [1.165, 1.54) is 102 Å². The lowest BCUT2D eigenvalue weighted by molar-refractivity contribution is 0.483. The number of nitrogens with one attached hydrogen (secondary N) is 1. The van der Waals surface area contributed by atoms with E-state index in [0.717, 1.165) is 18.5 Å². The van der Waals surface area contributed by atoms with Gasteiger partial charge in [0.1, 0.15) is 4.90 Å². The van der Waals surface area contributed by atoms with Crippen LogP contribution in [0.2, 0.25) is 0 Å². The number of para-hydroxylation sites is 1. The van der Waals surface area contributed by atoms with Crippen molar-refractivity contribution in [2.45, 2.75) is 127 Å². The smallest absolute Gasteiger partial charge is 0.296 e. The van der Waals surface area contributed by atoms with Gasteiger partial charge < -0.3 is 10.2 Å². The summed E-state index contributed by atoms with van der Waals surface area (Å²) >= 11 is 0. The highest BCUT2D eigenvalue weighted by Gasteiger charge is 2.32. The Labute approximate surface area is 225 Å². The Balaban J connectivity index is 1.37. The fraction of sp³-hybridized carbons (Fsp3) is 0.613. The molecule has 2 aromatic rings. The average molecular weight is 529 g/mol. The predicted molar refractivity (Wildman–Crippen MR) is 156 cm³/mol. The van der Waals surface area contributed by atoms with Gasteiger partial charge in [-0.15, -0.1) is 0 Å². The summed E-state index contributed by atoms with van der Waals surface area (Å²) in [4.78, 5) is 2.20. The van der Waals surface area contributed by atoms with E-state index >= 15 is 0 Å². The van der Waals surface area contributed by atoms with E-state index < -0.39 is 10.1 Å². The summed E-state index contributed by atoms with van der Waals surface area (Å²) in [5.41, 5.74) is 2.53. The summed E-state index contributed by atoms with van der Waals surface area (Å²) in [6.07, 6.45) is 21.0. The number of hydrogen-bond donors (Lipinski definition) is 2. The zero-order valence-corrected chi connectivity index (χ0v) is 23.7. The first kappa shape index (κ1) is 29.5. The number of nitrogens with zero attached hydrogens (tertiary/aromatic N) is 1. The van der Waals surface area contributed by atoms with E-state index in [1.807, 2.05) is 24.3 Å². The second-order valence-corrected chi connectivity index (χ2v) is 12.0. The number of fused-ring (bicyclic) bond motifs is 1. The van der Waals surface area contributed by atoms with Crippen molar-refractivity contribution in [1.82, 2.24) is 0 Å². The molecule has 1 aliphatic rings. The quantitative estimate of drug-likeness (QED) is 0.141. The molecule has 206 valence electrons. The molecule has 0 saturated carbocycles. The van der Waals surface area contributed by atoms with Gasteiger partial charge in [-0.1, -0.05) is 133 Å². The zero-order valence-electron chi connectivity index (χ0n) is 22.8. The summed E-state index contributed by atoms with van der Waals surface area (Å²) in [6.45, 7) is 2.97. The molecule has 0 radical (unpaired) electrons. The van der Waals surface area contributed by atoms with Crippen molar-refractivity contribution in [2.75, 3.05) is 10.2 Å². The van der Waals surface area contributed by atoms with Crippen LogP contribution in [0.25, 0.3) is 0 Å². The normalized spacial score (nSPS) is 15.1. The first-order valence-electron chi connectivity index (χ1n) is 14.7. The molecular weight excluding hydrogens is 480 g/mol. The highest BCUT2D eigenvalue weighted by Crippen LogP contribution is 2.41. The summed E-state index contributed by atoms with van der Waals surface area (Å²) in [6, 6.07) is 15.4. The molecule has 0 fully saturated rings. The van der Waals surface area contributed by atoms with Crippen LogP contribution in [0.1, 0.15) is 115 Å². The van der Waals surface area contributed by atoms with Gasteiger partial charge >= 0.3 is 0 Å². The molecule has 1 unspecified atom stereocenters. The molecule has 1 heterocycles. The molecule has 0 bridgehead atoms. The van der Waals surface area contributed by atoms with Crippen molar-refractivity contribution in [2.24, 2.45) is 0 Å². The van der Waals surface area contributed by atoms with Crippen LogP contribution >= 0.6 is 0 Å². The van der Waals surface area contributed by atoms with E-state index in [0.29, 0.717) is 12.2 Å². The van der Waals surface area contributed by atoms with Crippen molar-refractivity contribution in [3.05, 3.63) is 54.1 Å². The molecular formula is C31H48N2O3S. The van der Waals surface area contributed by atoms with Crippen LogP contribution in [0.3, 0.4) is 0 Å². The van der Waals surface area contributed by atoms with Gasteiger partial charge in [-0.05, 0) is 30.5 Å². The maximum absolute atomic E-state index is 12.0. The van der Waals surface area contributed by atoms with Gasteiger partial charge in [0.15, 0.2) is 0 Å². The van der Waals surface area contributed by atoms with Crippen LogP contribution in [0, 0.1) is 0 Å². The number of unbranched alkanes of at least 4 members (excludes halogenated alkanes) is 14. The number of anilines is 2. The van der Waals surface area contributed by atoms with Crippen molar-refractivity contribution in [1.29, 1.82) is 0 Å². The topological polar surface area (TPSA) is 69.6 Å². The molecule has 2 N–H and O–H groups in total. The van der Waals surface area contributed by atoms with Crippen molar-refractivity contribution < 1.29 is 13.0 Å². The van der Waals surface area contributed by atoms with Crippen LogP contribution in [0.15, 0.2) is 53.4 Å². The van der Waals surface area contributed by atoms with Gasteiger partial charge in [-0.2, -0.15) is 8.42 Å². The van der Waals surface area contributed by atoms with Crippen molar-refractivity contribution in [3.63, 3.8) is 0 Å². The standard InChI is InChI=1S/C31H48N2O3S/c1-2-3-4-5-6-7-8-9-10-11-12-13-14-15-19-25-30-32-31-28(23-20-24-29(31)37(34,35)36)33(30)26-27-21-17-16-18-22-27/h16-18,20-24,30,32H,2-15,19,25-26H2,1H3,(H,34,35,36). The maximum atomic E-state index is 12.0. The zero-order chi connectivity index (χ0) is 26.3. The monoisotopic (exact) mass is 528 g/mol. The molecule has 5 nitrogen and oxygen atoms in total. The summed E-state index contributed by atoms with van der Waals surface area (Å²) in [7, 11) is -4.29. The maximum Gasteiger partial charge on any atom is 0.296 e. The fourth-order valence-electron chi connectivity index (χ4n) is 5.44. The largest absolute Gasteiger partial charge is 0.362 e. The minimum Gasteiger partial charge on any atom is -0.362 e. The average Bonchev–Trinajstić information content (AvgIpc) is 3.23. The second kappa shape index (κ2) is 16.0. The second-order valence-electron chi connectivity index (χ2n) is 10.6. The number of benzene rings is 2. The van der Waals surface area contributed by atoms with E-state index in [4.69, 9.17) is 0 Å². The van der Waals surface area contributed by atoms with Gasteiger partial charge in [-0.3, -0.25) is 4.55 Å². The number of rotatable bonds is 19. The van der Waals surface area contributed by atoms with E-state index in [-0.39, 0.29) is 11.1 Å². The molecule has 2 aromatic carbocycles. The molecule has 0 aromatic heterocycles. The third kappa shape index (κ3) is 9.97. The van der Waals surface area contributed by atoms with Crippen LogP contribution < -0.4 is 10.2 Å². The van der Waals surface area contributed by atoms with Gasteiger partial charge in [0.25, 0.3) is 10.1 Å². The van der Waals surface area contributed by atoms with Crippen LogP contribution in [-0.2, 0) is 16.7 Å². The molecule has 0 aliphatic carbocycles. The first-order chi connectivity index (χ1) is 18.0. The predicted octanol–water partition coefficient (Wildman–Crippen LogP) is 8.95. The Hall–Kier alpha value is -2.05. The third-order valence-electron chi connectivity index (χ3n) is 7.56. The fourth-order valence-corrected chi connectivity index (χ4v) is 6.12. The highest BCUT2D eigenvalue weighted by molar-refractivity contribution is 7.86. The lowest BCUT2D eigenvalue weighted by Gasteiger charge is -2.27. The lowest BCUT2D eigenvalue weighted by atomic mass is 10.0. The molecule has 0 spiro atoms. The molecule has 1 aliphatic heterocycles. The summed E-state index contributed by atoms with van der Waals surface area (Å²) < 4.78 is 33.7. The molecule has 1 atom stereocenters.